The molecule has 0 saturated heterocycles. The number of rotatable bonds is 4. The molecule has 2 aliphatic carbocycles. The number of benzene rings is 1. The van der Waals surface area contributed by atoms with Crippen molar-refractivity contribution in [1.82, 2.24) is 0 Å². The topological polar surface area (TPSA) is 18.5 Å². The number of ether oxygens (including phenoxy) is 2. The van der Waals surface area contributed by atoms with E-state index in [2.05, 4.69) is 15.3 Å². The van der Waals surface area contributed by atoms with Crippen LogP contribution in [0.5, 0.6) is 11.5 Å². The van der Waals surface area contributed by atoms with Crippen LogP contribution in [0, 0.1) is 0 Å². The van der Waals surface area contributed by atoms with Gasteiger partial charge in [-0.2, -0.15) is 0 Å². The summed E-state index contributed by atoms with van der Waals surface area (Å²) in [6.07, 6.45) is 13.3. The monoisotopic (exact) mass is 334 g/mol. The zero-order chi connectivity index (χ0) is 16.2. The van der Waals surface area contributed by atoms with Gasteiger partial charge in [0.25, 0.3) is 0 Å². The van der Waals surface area contributed by atoms with Gasteiger partial charge in [0, 0.05) is 11.1 Å². The van der Waals surface area contributed by atoms with Crippen molar-refractivity contribution >= 4 is 14.5 Å². The molecule has 3 rings (SSSR count). The first-order chi connectivity index (χ1) is 11.3. The van der Waals surface area contributed by atoms with Crippen LogP contribution >= 0.6 is 9.24 Å². The van der Waals surface area contributed by atoms with E-state index in [1.165, 1.54) is 80.6 Å². The summed E-state index contributed by atoms with van der Waals surface area (Å²) >= 11 is 0. The van der Waals surface area contributed by atoms with Crippen molar-refractivity contribution in [3.05, 3.63) is 17.2 Å². The van der Waals surface area contributed by atoms with Crippen molar-refractivity contribution < 1.29 is 9.47 Å². The zero-order valence-electron chi connectivity index (χ0n) is 14.7. The largest absolute Gasteiger partial charge is 0.496 e. The first-order valence-electron chi connectivity index (χ1n) is 9.30. The molecule has 1 unspecified atom stereocenters. The molecule has 2 aliphatic rings. The molecule has 2 fully saturated rings. The van der Waals surface area contributed by atoms with Crippen molar-refractivity contribution in [1.29, 1.82) is 0 Å². The van der Waals surface area contributed by atoms with E-state index in [-0.39, 0.29) is 0 Å². The zero-order valence-corrected chi connectivity index (χ0v) is 15.9. The van der Waals surface area contributed by atoms with E-state index in [0.717, 1.165) is 11.5 Å². The molecule has 1 atom stereocenters. The summed E-state index contributed by atoms with van der Waals surface area (Å²) in [5.41, 5.74) is 2.79. The first kappa shape index (κ1) is 17.1. The Kier molecular flexibility index (Phi) is 5.85. The highest BCUT2D eigenvalue weighted by Gasteiger charge is 2.29. The van der Waals surface area contributed by atoms with Crippen molar-refractivity contribution in [2.75, 3.05) is 14.2 Å². The summed E-state index contributed by atoms with van der Waals surface area (Å²) in [6, 6.07) is 2.24. The second kappa shape index (κ2) is 7.88. The standard InChI is InChI=1S/C20H31O2P/c1-21-16-13-17(23)19(15-11-7-4-8-12-15)20(22-2)18(16)14-9-5-3-6-10-14/h13-15H,3-12,23H2,1-2H3. The summed E-state index contributed by atoms with van der Waals surface area (Å²) < 4.78 is 11.8. The maximum absolute atomic E-state index is 6.01. The van der Waals surface area contributed by atoms with Crippen molar-refractivity contribution in [3.63, 3.8) is 0 Å². The molecule has 2 saturated carbocycles. The lowest BCUT2D eigenvalue weighted by atomic mass is 9.78. The van der Waals surface area contributed by atoms with Crippen LogP contribution < -0.4 is 14.8 Å². The molecule has 1 aromatic rings. The summed E-state index contributed by atoms with van der Waals surface area (Å²) in [4.78, 5) is 0. The normalized spacial score (nSPS) is 20.5. The van der Waals surface area contributed by atoms with Gasteiger partial charge in [0.2, 0.25) is 0 Å². The second-order valence-corrected chi connectivity index (χ2v) is 7.82. The average molecular weight is 334 g/mol. The molecule has 128 valence electrons. The first-order valence-corrected chi connectivity index (χ1v) is 9.88. The summed E-state index contributed by atoms with van der Waals surface area (Å²) in [7, 11) is 6.58. The Hall–Kier alpha value is -0.750. The average Bonchev–Trinajstić information content (AvgIpc) is 2.62. The van der Waals surface area contributed by atoms with Crippen LogP contribution in [0.2, 0.25) is 0 Å². The lowest BCUT2D eigenvalue weighted by Gasteiger charge is -2.31. The molecule has 0 aliphatic heterocycles. The SMILES string of the molecule is COc1cc(P)c(C2CCCCC2)c(OC)c1C1CCCCC1. The van der Waals surface area contributed by atoms with Gasteiger partial charge in [-0.15, -0.1) is 9.24 Å². The van der Waals surface area contributed by atoms with Gasteiger partial charge in [-0.05, 0) is 48.9 Å². The van der Waals surface area contributed by atoms with Gasteiger partial charge in [-0.3, -0.25) is 0 Å². The van der Waals surface area contributed by atoms with Crippen molar-refractivity contribution in [2.45, 2.75) is 76.0 Å². The van der Waals surface area contributed by atoms with Gasteiger partial charge in [-0.1, -0.05) is 38.5 Å². The van der Waals surface area contributed by atoms with Crippen LogP contribution in [0.25, 0.3) is 0 Å². The molecule has 2 nitrogen and oxygen atoms in total. The van der Waals surface area contributed by atoms with Gasteiger partial charge in [0.15, 0.2) is 0 Å². The predicted octanol–water partition coefficient (Wildman–Crippen LogP) is 5.30. The van der Waals surface area contributed by atoms with Gasteiger partial charge in [-0.25, -0.2) is 0 Å². The molecule has 0 bridgehead atoms. The Balaban J connectivity index is 2.07. The lowest BCUT2D eigenvalue weighted by Crippen LogP contribution is -2.18. The molecule has 0 spiro atoms. The molecule has 0 N–H and O–H groups in total. The molecule has 1 aromatic carbocycles. The minimum absolute atomic E-state index is 0.599. The number of hydrogen-bond acceptors (Lipinski definition) is 2. The molecule has 23 heavy (non-hydrogen) atoms. The van der Waals surface area contributed by atoms with E-state index in [1.54, 1.807) is 7.11 Å². The molecule has 0 amide bonds. The van der Waals surface area contributed by atoms with Crippen LogP contribution in [-0.4, -0.2) is 14.2 Å². The van der Waals surface area contributed by atoms with Crippen LogP contribution in [0.3, 0.4) is 0 Å². The highest BCUT2D eigenvalue weighted by atomic mass is 31.0. The summed E-state index contributed by atoms with van der Waals surface area (Å²) in [6.45, 7) is 0. The maximum Gasteiger partial charge on any atom is 0.130 e. The quantitative estimate of drug-likeness (QED) is 0.696. The Morgan fingerprint density at radius 3 is 1.78 bits per heavy atom. The van der Waals surface area contributed by atoms with Crippen molar-refractivity contribution in [2.24, 2.45) is 0 Å². The fourth-order valence-electron chi connectivity index (χ4n) is 4.66. The third kappa shape index (κ3) is 3.53. The minimum atomic E-state index is 0.599. The van der Waals surface area contributed by atoms with Crippen LogP contribution in [0.1, 0.15) is 87.2 Å². The third-order valence-corrected chi connectivity index (χ3v) is 6.28. The Labute approximate surface area is 143 Å². The summed E-state index contributed by atoms with van der Waals surface area (Å²) in [5.74, 6) is 3.41. The lowest BCUT2D eigenvalue weighted by molar-refractivity contribution is 0.350. The fraction of sp³-hybridized carbons (Fsp3) is 0.700. The highest BCUT2D eigenvalue weighted by molar-refractivity contribution is 7.27. The van der Waals surface area contributed by atoms with E-state index in [0.29, 0.717) is 11.8 Å². The number of hydrogen-bond donors (Lipinski definition) is 0. The van der Waals surface area contributed by atoms with Crippen molar-refractivity contribution in [3.8, 4) is 11.5 Å². The minimum Gasteiger partial charge on any atom is -0.496 e. The smallest absolute Gasteiger partial charge is 0.130 e. The highest BCUT2D eigenvalue weighted by Crippen LogP contribution is 2.47. The molecular formula is C20H31O2P. The molecule has 0 radical (unpaired) electrons. The van der Waals surface area contributed by atoms with Crippen LogP contribution in [0.15, 0.2) is 6.07 Å². The molecule has 0 heterocycles. The van der Waals surface area contributed by atoms with E-state index < -0.39 is 0 Å². The predicted molar refractivity (Wildman–Crippen MR) is 101 cm³/mol. The van der Waals surface area contributed by atoms with E-state index in [4.69, 9.17) is 9.47 Å². The fourth-order valence-corrected chi connectivity index (χ4v) is 5.18. The van der Waals surface area contributed by atoms with Crippen LogP contribution in [0.4, 0.5) is 0 Å². The molecule has 0 aromatic heterocycles. The van der Waals surface area contributed by atoms with Gasteiger partial charge in [0.1, 0.15) is 11.5 Å². The van der Waals surface area contributed by atoms with Gasteiger partial charge >= 0.3 is 0 Å². The third-order valence-electron chi connectivity index (χ3n) is 5.80. The maximum atomic E-state index is 6.01. The van der Waals surface area contributed by atoms with E-state index >= 15 is 0 Å². The molecular weight excluding hydrogens is 303 g/mol. The summed E-state index contributed by atoms with van der Waals surface area (Å²) in [5, 5.41) is 1.27. The van der Waals surface area contributed by atoms with Crippen LogP contribution in [-0.2, 0) is 0 Å². The van der Waals surface area contributed by atoms with E-state index in [1.807, 2.05) is 7.11 Å². The van der Waals surface area contributed by atoms with E-state index in [9.17, 15) is 0 Å². The second-order valence-electron chi connectivity index (χ2n) is 7.20. The Morgan fingerprint density at radius 2 is 1.30 bits per heavy atom. The van der Waals surface area contributed by atoms with Gasteiger partial charge < -0.3 is 9.47 Å². The Bertz CT molecular complexity index is 529. The van der Waals surface area contributed by atoms with Gasteiger partial charge in [0.05, 0.1) is 14.2 Å². The number of methoxy groups -OCH3 is 2. The molecule has 3 heteroatoms. The Morgan fingerprint density at radius 1 is 0.783 bits per heavy atom.